The van der Waals surface area contributed by atoms with Crippen LogP contribution in [0.2, 0.25) is 0 Å². The number of anilines is 1. The van der Waals surface area contributed by atoms with Crippen LogP contribution in [-0.4, -0.2) is 29.4 Å². The van der Waals surface area contributed by atoms with Crippen LogP contribution in [0.4, 0.5) is 10.1 Å². The van der Waals surface area contributed by atoms with Crippen LogP contribution in [0.25, 0.3) is 0 Å². The van der Waals surface area contributed by atoms with Crippen molar-refractivity contribution in [1.82, 2.24) is 0 Å². The van der Waals surface area contributed by atoms with E-state index in [9.17, 15) is 9.50 Å². The molecule has 2 N–H and O–H groups in total. The van der Waals surface area contributed by atoms with Crippen molar-refractivity contribution in [2.24, 2.45) is 0 Å². The summed E-state index contributed by atoms with van der Waals surface area (Å²) in [5.41, 5.74) is 1.14. The summed E-state index contributed by atoms with van der Waals surface area (Å²) < 4.78 is 13.7. The summed E-state index contributed by atoms with van der Waals surface area (Å²) in [4.78, 5) is 2.13. The van der Waals surface area contributed by atoms with Crippen molar-refractivity contribution in [3.05, 3.63) is 29.6 Å². The lowest BCUT2D eigenvalue weighted by Crippen LogP contribution is -2.41. The van der Waals surface area contributed by atoms with Crippen LogP contribution < -0.4 is 4.90 Å². The molecule has 0 heterocycles. The Labute approximate surface area is 107 Å². The molecule has 0 aliphatic heterocycles. The number of aliphatic hydroxyl groups is 2. The van der Waals surface area contributed by atoms with Crippen LogP contribution in [0.3, 0.4) is 0 Å². The molecule has 1 aliphatic rings. The van der Waals surface area contributed by atoms with Crippen molar-refractivity contribution < 1.29 is 14.6 Å². The van der Waals surface area contributed by atoms with E-state index in [4.69, 9.17) is 5.11 Å². The Kier molecular flexibility index (Phi) is 4.55. The van der Waals surface area contributed by atoms with Gasteiger partial charge in [0.05, 0.1) is 6.61 Å². The van der Waals surface area contributed by atoms with Crippen LogP contribution >= 0.6 is 0 Å². The Bertz CT molecular complexity index is 393. The van der Waals surface area contributed by atoms with Gasteiger partial charge in [-0.3, -0.25) is 0 Å². The quantitative estimate of drug-likeness (QED) is 0.815. The molecule has 2 rings (SSSR count). The van der Waals surface area contributed by atoms with Gasteiger partial charge in [-0.05, 0) is 37.8 Å². The summed E-state index contributed by atoms with van der Waals surface area (Å²) in [5, 5.41) is 18.3. The highest BCUT2D eigenvalue weighted by atomic mass is 19.1. The molecule has 0 unspecified atom stereocenters. The van der Waals surface area contributed by atoms with Gasteiger partial charge < -0.3 is 15.1 Å². The summed E-state index contributed by atoms with van der Waals surface area (Å²) in [6.07, 6.45) is 4.07. The van der Waals surface area contributed by atoms with E-state index in [1.807, 2.05) is 6.07 Å². The van der Waals surface area contributed by atoms with Gasteiger partial charge in [-0.25, -0.2) is 4.39 Å². The largest absolute Gasteiger partial charge is 0.396 e. The predicted octanol–water partition coefficient (Wildman–Crippen LogP) is 2.06. The zero-order valence-electron chi connectivity index (χ0n) is 10.5. The second kappa shape index (κ2) is 6.16. The molecule has 0 spiro atoms. The molecular formula is C14H20FNO2. The zero-order valence-corrected chi connectivity index (χ0v) is 10.5. The summed E-state index contributed by atoms with van der Waals surface area (Å²) in [7, 11) is 0. The number of hydrogen-bond acceptors (Lipinski definition) is 3. The number of halogens is 1. The van der Waals surface area contributed by atoms with Gasteiger partial charge in [0.25, 0.3) is 0 Å². The number of hydrogen-bond donors (Lipinski definition) is 2. The van der Waals surface area contributed by atoms with Gasteiger partial charge in [0, 0.05) is 30.4 Å². The molecule has 1 saturated carbocycles. The lowest BCUT2D eigenvalue weighted by atomic mass is 9.90. The minimum absolute atomic E-state index is 0.132. The summed E-state index contributed by atoms with van der Waals surface area (Å²) >= 11 is 0. The number of rotatable bonds is 6. The van der Waals surface area contributed by atoms with Gasteiger partial charge >= 0.3 is 0 Å². The van der Waals surface area contributed by atoms with Crippen molar-refractivity contribution in [3.8, 4) is 0 Å². The van der Waals surface area contributed by atoms with E-state index in [1.54, 1.807) is 6.07 Å². The minimum Gasteiger partial charge on any atom is -0.396 e. The molecule has 0 aromatic heterocycles. The SMILES string of the molecule is OCCCN(c1cccc(F)c1CO)C1CCC1. The molecule has 0 saturated heterocycles. The van der Waals surface area contributed by atoms with Crippen LogP contribution in [0.15, 0.2) is 18.2 Å². The van der Waals surface area contributed by atoms with E-state index in [0.717, 1.165) is 18.5 Å². The minimum atomic E-state index is -0.358. The van der Waals surface area contributed by atoms with Gasteiger partial charge in [0.1, 0.15) is 5.82 Å². The first-order valence-corrected chi connectivity index (χ1v) is 6.53. The van der Waals surface area contributed by atoms with Gasteiger partial charge in [-0.1, -0.05) is 6.07 Å². The number of benzene rings is 1. The van der Waals surface area contributed by atoms with Crippen LogP contribution in [0, 0.1) is 5.82 Å². The van der Waals surface area contributed by atoms with Crippen LogP contribution in [-0.2, 0) is 6.61 Å². The average Bonchev–Trinajstić information content (AvgIpc) is 2.31. The highest BCUT2D eigenvalue weighted by molar-refractivity contribution is 5.55. The smallest absolute Gasteiger partial charge is 0.130 e. The van der Waals surface area contributed by atoms with E-state index < -0.39 is 0 Å². The van der Waals surface area contributed by atoms with E-state index >= 15 is 0 Å². The monoisotopic (exact) mass is 253 g/mol. The van der Waals surface area contributed by atoms with Crippen molar-refractivity contribution >= 4 is 5.69 Å². The molecular weight excluding hydrogens is 233 g/mol. The summed E-state index contributed by atoms with van der Waals surface area (Å²) in [5.74, 6) is -0.358. The third-order valence-electron chi connectivity index (χ3n) is 3.63. The Morgan fingerprint density at radius 1 is 1.28 bits per heavy atom. The maximum atomic E-state index is 13.7. The first-order chi connectivity index (χ1) is 8.77. The fourth-order valence-corrected chi connectivity index (χ4v) is 2.41. The Morgan fingerprint density at radius 2 is 2.06 bits per heavy atom. The maximum Gasteiger partial charge on any atom is 0.130 e. The molecule has 1 aliphatic carbocycles. The van der Waals surface area contributed by atoms with E-state index in [-0.39, 0.29) is 19.0 Å². The summed E-state index contributed by atoms with van der Waals surface area (Å²) in [6, 6.07) is 5.32. The fraction of sp³-hybridized carbons (Fsp3) is 0.571. The van der Waals surface area contributed by atoms with E-state index in [2.05, 4.69) is 4.90 Å². The number of aliphatic hydroxyl groups excluding tert-OH is 2. The molecule has 100 valence electrons. The summed E-state index contributed by atoms with van der Waals surface area (Å²) in [6.45, 7) is 0.551. The molecule has 0 radical (unpaired) electrons. The maximum absolute atomic E-state index is 13.7. The first kappa shape index (κ1) is 13.3. The van der Waals surface area contributed by atoms with Crippen LogP contribution in [0.1, 0.15) is 31.2 Å². The molecule has 0 amide bonds. The van der Waals surface area contributed by atoms with Crippen molar-refractivity contribution in [2.45, 2.75) is 38.3 Å². The third-order valence-corrected chi connectivity index (χ3v) is 3.63. The van der Waals surface area contributed by atoms with Crippen LogP contribution in [0.5, 0.6) is 0 Å². The third kappa shape index (κ3) is 2.65. The Balaban J connectivity index is 2.25. The predicted molar refractivity (Wildman–Crippen MR) is 69.0 cm³/mol. The zero-order chi connectivity index (χ0) is 13.0. The van der Waals surface area contributed by atoms with E-state index in [1.165, 1.54) is 12.5 Å². The molecule has 0 atom stereocenters. The molecule has 0 bridgehead atoms. The topological polar surface area (TPSA) is 43.7 Å². The Morgan fingerprint density at radius 3 is 2.61 bits per heavy atom. The molecule has 1 aromatic carbocycles. The first-order valence-electron chi connectivity index (χ1n) is 6.53. The molecule has 1 aromatic rings. The van der Waals surface area contributed by atoms with Gasteiger partial charge in [-0.15, -0.1) is 0 Å². The van der Waals surface area contributed by atoms with Crippen molar-refractivity contribution in [2.75, 3.05) is 18.1 Å². The fourth-order valence-electron chi connectivity index (χ4n) is 2.41. The Hall–Kier alpha value is -1.13. The average molecular weight is 253 g/mol. The van der Waals surface area contributed by atoms with Gasteiger partial charge in [0.15, 0.2) is 0 Å². The normalized spacial score (nSPS) is 15.5. The lowest BCUT2D eigenvalue weighted by molar-refractivity contribution is 0.272. The second-order valence-corrected chi connectivity index (χ2v) is 4.75. The molecule has 18 heavy (non-hydrogen) atoms. The number of nitrogens with zero attached hydrogens (tertiary/aromatic N) is 1. The standard InChI is InChI=1S/C14H20FNO2/c15-13-6-2-7-14(12(13)10-18)16(8-3-9-17)11-4-1-5-11/h2,6-7,11,17-18H,1,3-5,8-10H2. The van der Waals surface area contributed by atoms with Crippen molar-refractivity contribution in [1.29, 1.82) is 0 Å². The highest BCUT2D eigenvalue weighted by Crippen LogP contribution is 2.32. The second-order valence-electron chi connectivity index (χ2n) is 4.75. The molecule has 3 nitrogen and oxygen atoms in total. The molecule has 4 heteroatoms. The van der Waals surface area contributed by atoms with E-state index in [0.29, 0.717) is 24.6 Å². The van der Waals surface area contributed by atoms with Gasteiger partial charge in [0.2, 0.25) is 0 Å². The van der Waals surface area contributed by atoms with Crippen molar-refractivity contribution in [3.63, 3.8) is 0 Å². The lowest BCUT2D eigenvalue weighted by Gasteiger charge is -2.40. The molecule has 1 fully saturated rings. The van der Waals surface area contributed by atoms with Gasteiger partial charge in [-0.2, -0.15) is 0 Å². The highest BCUT2D eigenvalue weighted by Gasteiger charge is 2.26.